The first-order chi connectivity index (χ1) is 14.7. The number of amides is 1. The summed E-state index contributed by atoms with van der Waals surface area (Å²) < 4.78 is 11.5. The van der Waals surface area contributed by atoms with Crippen molar-refractivity contribution in [3.05, 3.63) is 53.4 Å². The largest absolute Gasteiger partial charge is 0.467 e. The number of benzene rings is 1. The van der Waals surface area contributed by atoms with Crippen LogP contribution in [-0.4, -0.2) is 47.4 Å². The maximum atomic E-state index is 12.1. The van der Waals surface area contributed by atoms with E-state index in [0.29, 0.717) is 6.42 Å². The standard InChI is InChI=1S/C23H29N3O5/c1-15(2)13-20(23(29)30-5)24-21(27)14-31-22(28)12-11-19-16(3)25-26(17(19)4)18-9-7-6-8-10-18/h6-12,15,20H,13-14H2,1-5H3,(H,24,27)/b12-11+/t20-/m1/s1. The Morgan fingerprint density at radius 3 is 2.45 bits per heavy atom. The number of aryl methyl sites for hydroxylation is 1. The zero-order chi connectivity index (χ0) is 23.0. The number of rotatable bonds is 9. The van der Waals surface area contributed by atoms with E-state index in [9.17, 15) is 14.4 Å². The molecule has 0 spiro atoms. The number of esters is 2. The molecule has 1 aromatic carbocycles. The molecule has 0 saturated carbocycles. The van der Waals surface area contributed by atoms with Crippen molar-refractivity contribution >= 4 is 23.9 Å². The summed E-state index contributed by atoms with van der Waals surface area (Å²) >= 11 is 0. The van der Waals surface area contributed by atoms with E-state index in [2.05, 4.69) is 10.4 Å². The molecule has 0 aliphatic heterocycles. The van der Waals surface area contributed by atoms with Crippen LogP contribution in [0, 0.1) is 19.8 Å². The molecular weight excluding hydrogens is 398 g/mol. The van der Waals surface area contributed by atoms with Crippen molar-refractivity contribution in [3.63, 3.8) is 0 Å². The van der Waals surface area contributed by atoms with Crippen molar-refractivity contribution in [1.29, 1.82) is 0 Å². The lowest BCUT2D eigenvalue weighted by Gasteiger charge is -2.18. The molecule has 8 heteroatoms. The molecule has 0 unspecified atom stereocenters. The van der Waals surface area contributed by atoms with Gasteiger partial charge < -0.3 is 14.8 Å². The zero-order valence-corrected chi connectivity index (χ0v) is 18.5. The second kappa shape index (κ2) is 11.1. The van der Waals surface area contributed by atoms with Crippen molar-refractivity contribution in [2.45, 2.75) is 40.2 Å². The van der Waals surface area contributed by atoms with E-state index >= 15 is 0 Å². The smallest absolute Gasteiger partial charge is 0.331 e. The van der Waals surface area contributed by atoms with Gasteiger partial charge in [0.15, 0.2) is 6.61 Å². The highest BCUT2D eigenvalue weighted by Gasteiger charge is 2.23. The van der Waals surface area contributed by atoms with Crippen LogP contribution in [0.1, 0.15) is 37.2 Å². The average Bonchev–Trinajstić information content (AvgIpc) is 3.03. The van der Waals surface area contributed by atoms with E-state index in [1.807, 2.05) is 58.0 Å². The second-order valence-electron chi connectivity index (χ2n) is 7.55. The molecule has 0 saturated heterocycles. The number of methoxy groups -OCH3 is 1. The number of para-hydroxylation sites is 1. The van der Waals surface area contributed by atoms with Gasteiger partial charge in [0, 0.05) is 17.3 Å². The van der Waals surface area contributed by atoms with Gasteiger partial charge in [-0.05, 0) is 44.4 Å². The van der Waals surface area contributed by atoms with Gasteiger partial charge in [0.1, 0.15) is 6.04 Å². The molecule has 2 rings (SSSR count). The van der Waals surface area contributed by atoms with E-state index in [4.69, 9.17) is 9.47 Å². The van der Waals surface area contributed by atoms with Crippen LogP contribution in [0.4, 0.5) is 0 Å². The summed E-state index contributed by atoms with van der Waals surface area (Å²) in [7, 11) is 1.26. The molecule has 0 aliphatic carbocycles. The number of carbonyl (C=O) groups is 3. The number of hydrogen-bond acceptors (Lipinski definition) is 6. The highest BCUT2D eigenvalue weighted by Crippen LogP contribution is 2.19. The number of aromatic nitrogens is 2. The van der Waals surface area contributed by atoms with E-state index in [-0.39, 0.29) is 5.92 Å². The molecule has 1 heterocycles. The molecule has 166 valence electrons. The van der Waals surface area contributed by atoms with Gasteiger partial charge in [-0.15, -0.1) is 0 Å². The molecule has 1 amide bonds. The van der Waals surface area contributed by atoms with Crippen LogP contribution in [0.5, 0.6) is 0 Å². The van der Waals surface area contributed by atoms with Crippen molar-refractivity contribution in [1.82, 2.24) is 15.1 Å². The molecule has 0 bridgehead atoms. The van der Waals surface area contributed by atoms with Crippen LogP contribution < -0.4 is 5.32 Å². The lowest BCUT2D eigenvalue weighted by atomic mass is 10.0. The van der Waals surface area contributed by atoms with E-state index in [0.717, 1.165) is 22.6 Å². The van der Waals surface area contributed by atoms with Crippen molar-refractivity contribution in [2.75, 3.05) is 13.7 Å². The summed E-state index contributed by atoms with van der Waals surface area (Å²) in [5.41, 5.74) is 3.36. The monoisotopic (exact) mass is 427 g/mol. The van der Waals surface area contributed by atoms with Crippen LogP contribution in [-0.2, 0) is 23.9 Å². The average molecular weight is 428 g/mol. The predicted octanol–water partition coefficient (Wildman–Crippen LogP) is 2.75. The molecule has 2 aromatic rings. The van der Waals surface area contributed by atoms with Gasteiger partial charge in [-0.2, -0.15) is 5.10 Å². The number of carbonyl (C=O) groups excluding carboxylic acids is 3. The highest BCUT2D eigenvalue weighted by molar-refractivity contribution is 5.90. The Labute approximate surface area is 182 Å². The topological polar surface area (TPSA) is 99.5 Å². The Morgan fingerprint density at radius 1 is 1.16 bits per heavy atom. The fraction of sp³-hybridized carbons (Fsp3) is 0.391. The zero-order valence-electron chi connectivity index (χ0n) is 18.5. The van der Waals surface area contributed by atoms with Gasteiger partial charge >= 0.3 is 11.9 Å². The van der Waals surface area contributed by atoms with Gasteiger partial charge in [-0.25, -0.2) is 14.3 Å². The Bertz CT molecular complexity index is 948. The van der Waals surface area contributed by atoms with Crippen molar-refractivity contribution in [2.24, 2.45) is 5.92 Å². The van der Waals surface area contributed by atoms with Crippen molar-refractivity contribution in [3.8, 4) is 5.69 Å². The van der Waals surface area contributed by atoms with Crippen LogP contribution >= 0.6 is 0 Å². The van der Waals surface area contributed by atoms with E-state index < -0.39 is 30.5 Å². The molecule has 1 aromatic heterocycles. The minimum absolute atomic E-state index is 0.179. The number of hydrogen-bond donors (Lipinski definition) is 1. The first-order valence-corrected chi connectivity index (χ1v) is 10.1. The Balaban J connectivity index is 1.96. The number of nitrogens with zero attached hydrogens (tertiary/aromatic N) is 2. The molecule has 31 heavy (non-hydrogen) atoms. The van der Waals surface area contributed by atoms with Crippen LogP contribution in [0.2, 0.25) is 0 Å². The quantitative estimate of drug-likeness (QED) is 0.488. The van der Waals surface area contributed by atoms with Crippen LogP contribution in [0.25, 0.3) is 11.8 Å². The summed E-state index contributed by atoms with van der Waals surface area (Å²) in [6.45, 7) is 7.13. The summed E-state index contributed by atoms with van der Waals surface area (Å²) in [6.07, 6.45) is 3.30. The molecule has 8 nitrogen and oxygen atoms in total. The fourth-order valence-electron chi connectivity index (χ4n) is 3.12. The third kappa shape index (κ3) is 6.80. The lowest BCUT2D eigenvalue weighted by Crippen LogP contribution is -2.44. The summed E-state index contributed by atoms with van der Waals surface area (Å²) in [6, 6.07) is 8.89. The molecule has 0 radical (unpaired) electrons. The molecular formula is C23H29N3O5. The van der Waals surface area contributed by atoms with Gasteiger partial charge in [-0.3, -0.25) is 4.79 Å². The third-order valence-corrected chi connectivity index (χ3v) is 4.61. The molecule has 1 atom stereocenters. The highest BCUT2D eigenvalue weighted by atomic mass is 16.5. The van der Waals surface area contributed by atoms with Gasteiger partial charge in [-0.1, -0.05) is 32.0 Å². The predicted molar refractivity (Wildman–Crippen MR) is 116 cm³/mol. The van der Waals surface area contributed by atoms with Gasteiger partial charge in [0.05, 0.1) is 18.5 Å². The molecule has 0 fully saturated rings. The first kappa shape index (κ1) is 23.9. The Kier molecular flexibility index (Phi) is 8.54. The van der Waals surface area contributed by atoms with E-state index in [1.165, 1.54) is 13.2 Å². The Morgan fingerprint density at radius 2 is 1.84 bits per heavy atom. The maximum absolute atomic E-state index is 12.1. The number of nitrogens with one attached hydrogen (secondary N) is 1. The first-order valence-electron chi connectivity index (χ1n) is 10.1. The van der Waals surface area contributed by atoms with Gasteiger partial charge in [0.2, 0.25) is 0 Å². The minimum atomic E-state index is -0.777. The summed E-state index contributed by atoms with van der Waals surface area (Å²) in [4.78, 5) is 35.9. The van der Waals surface area contributed by atoms with Crippen molar-refractivity contribution < 1.29 is 23.9 Å². The molecule has 1 N–H and O–H groups in total. The Hall–Kier alpha value is -3.42. The van der Waals surface area contributed by atoms with Gasteiger partial charge in [0.25, 0.3) is 5.91 Å². The second-order valence-corrected chi connectivity index (χ2v) is 7.55. The maximum Gasteiger partial charge on any atom is 0.331 e. The van der Waals surface area contributed by atoms with Crippen LogP contribution in [0.3, 0.4) is 0 Å². The van der Waals surface area contributed by atoms with E-state index in [1.54, 1.807) is 10.8 Å². The number of ether oxygens (including phenoxy) is 2. The third-order valence-electron chi connectivity index (χ3n) is 4.61. The summed E-state index contributed by atoms with van der Waals surface area (Å²) in [5, 5.41) is 7.06. The summed E-state index contributed by atoms with van der Waals surface area (Å²) in [5.74, 6) is -1.59. The fourth-order valence-corrected chi connectivity index (χ4v) is 3.12. The minimum Gasteiger partial charge on any atom is -0.467 e. The van der Waals surface area contributed by atoms with Crippen LogP contribution in [0.15, 0.2) is 36.4 Å². The normalized spacial score (nSPS) is 12.1. The SMILES string of the molecule is COC(=O)[C@@H](CC(C)C)NC(=O)COC(=O)/C=C/c1c(C)nn(-c2ccccc2)c1C. The lowest BCUT2D eigenvalue weighted by molar-refractivity contribution is -0.148. The molecule has 0 aliphatic rings.